The van der Waals surface area contributed by atoms with Crippen LogP contribution in [0.4, 0.5) is 5.69 Å². The summed E-state index contributed by atoms with van der Waals surface area (Å²) in [7, 11) is 0. The summed E-state index contributed by atoms with van der Waals surface area (Å²) >= 11 is 5.78. The Hall–Kier alpha value is -2.07. The van der Waals surface area contributed by atoms with Gasteiger partial charge in [-0.25, -0.2) is 0 Å². The van der Waals surface area contributed by atoms with Crippen molar-refractivity contribution >= 4 is 23.2 Å². The number of ether oxygens (including phenoxy) is 1. The van der Waals surface area contributed by atoms with Gasteiger partial charge in [-0.15, -0.1) is 0 Å². The first-order valence-corrected chi connectivity index (χ1v) is 6.16. The predicted molar refractivity (Wildman–Crippen MR) is 74.4 cm³/mol. The quantitative estimate of drug-likeness (QED) is 0.933. The first-order valence-electron chi connectivity index (χ1n) is 5.78. The third-order valence-electron chi connectivity index (χ3n) is 2.42. The summed E-state index contributed by atoms with van der Waals surface area (Å²) in [5.74, 6) is 0.362. The Balaban J connectivity index is 1.94. The lowest BCUT2D eigenvalue weighted by atomic mass is 10.3. The topological polar surface area (TPSA) is 51.2 Å². The van der Waals surface area contributed by atoms with E-state index < -0.39 is 6.10 Å². The normalized spacial score (nSPS) is 11.7. The van der Waals surface area contributed by atoms with Gasteiger partial charge in [-0.05, 0) is 43.3 Å². The first kappa shape index (κ1) is 13.4. The van der Waals surface area contributed by atoms with Crippen molar-refractivity contribution in [1.29, 1.82) is 0 Å². The van der Waals surface area contributed by atoms with Crippen LogP contribution in [0.5, 0.6) is 5.75 Å². The summed E-state index contributed by atoms with van der Waals surface area (Å²) < 4.78 is 5.51. The minimum Gasteiger partial charge on any atom is -0.481 e. The lowest BCUT2D eigenvalue weighted by Crippen LogP contribution is -2.30. The van der Waals surface area contributed by atoms with Crippen molar-refractivity contribution in [3.05, 3.63) is 53.8 Å². The molecule has 1 N–H and O–H groups in total. The third-order valence-corrected chi connectivity index (χ3v) is 2.68. The van der Waals surface area contributed by atoms with Gasteiger partial charge < -0.3 is 10.1 Å². The summed E-state index contributed by atoms with van der Waals surface area (Å²) in [6.07, 6.45) is 2.61. The number of halogens is 1. The largest absolute Gasteiger partial charge is 0.481 e. The minimum atomic E-state index is -0.610. The average molecular weight is 277 g/mol. The lowest BCUT2D eigenvalue weighted by molar-refractivity contribution is -0.122. The van der Waals surface area contributed by atoms with Gasteiger partial charge in [-0.2, -0.15) is 0 Å². The van der Waals surface area contributed by atoms with E-state index in [1.165, 1.54) is 0 Å². The monoisotopic (exact) mass is 276 g/mol. The molecular weight excluding hydrogens is 264 g/mol. The highest BCUT2D eigenvalue weighted by Crippen LogP contribution is 2.17. The predicted octanol–water partition coefficient (Wildman–Crippen LogP) is 3.14. The third kappa shape index (κ3) is 3.96. The minimum absolute atomic E-state index is 0.233. The Labute approximate surface area is 116 Å². The molecule has 0 spiro atoms. The van der Waals surface area contributed by atoms with Gasteiger partial charge in [-0.1, -0.05) is 11.6 Å². The lowest BCUT2D eigenvalue weighted by Gasteiger charge is -2.14. The zero-order chi connectivity index (χ0) is 13.7. The molecule has 1 atom stereocenters. The zero-order valence-electron chi connectivity index (χ0n) is 10.3. The first-order chi connectivity index (χ1) is 9.15. The highest BCUT2D eigenvalue weighted by molar-refractivity contribution is 6.30. The second kappa shape index (κ2) is 6.20. The van der Waals surface area contributed by atoms with Crippen molar-refractivity contribution in [3.63, 3.8) is 0 Å². The Morgan fingerprint density at radius 2 is 2.05 bits per heavy atom. The smallest absolute Gasteiger partial charge is 0.265 e. The van der Waals surface area contributed by atoms with E-state index in [1.807, 2.05) is 0 Å². The Morgan fingerprint density at radius 3 is 2.68 bits per heavy atom. The molecule has 4 nitrogen and oxygen atoms in total. The number of rotatable bonds is 4. The molecule has 0 aliphatic rings. The van der Waals surface area contributed by atoms with Gasteiger partial charge in [-0.3, -0.25) is 9.78 Å². The van der Waals surface area contributed by atoms with Crippen molar-refractivity contribution < 1.29 is 9.53 Å². The Morgan fingerprint density at radius 1 is 1.32 bits per heavy atom. The summed E-state index contributed by atoms with van der Waals surface area (Å²) in [5, 5.41) is 3.35. The fourth-order valence-corrected chi connectivity index (χ4v) is 1.58. The highest BCUT2D eigenvalue weighted by Gasteiger charge is 2.14. The molecule has 98 valence electrons. The second-order valence-corrected chi connectivity index (χ2v) is 4.38. The molecule has 0 saturated heterocycles. The molecule has 1 aromatic carbocycles. The number of anilines is 1. The fourth-order valence-electron chi connectivity index (χ4n) is 1.45. The van der Waals surface area contributed by atoms with Crippen LogP contribution in [-0.4, -0.2) is 17.0 Å². The molecule has 0 fully saturated rings. The van der Waals surface area contributed by atoms with Gasteiger partial charge in [0.25, 0.3) is 5.91 Å². The molecule has 2 rings (SSSR count). The molecule has 0 saturated carbocycles. The van der Waals surface area contributed by atoms with E-state index in [9.17, 15) is 4.79 Å². The number of aromatic nitrogens is 1. The van der Waals surface area contributed by atoms with Gasteiger partial charge in [0.15, 0.2) is 6.10 Å². The maximum atomic E-state index is 11.9. The van der Waals surface area contributed by atoms with Crippen LogP contribution in [0.3, 0.4) is 0 Å². The van der Waals surface area contributed by atoms with Crippen molar-refractivity contribution in [2.24, 2.45) is 0 Å². The number of hydrogen-bond donors (Lipinski definition) is 1. The van der Waals surface area contributed by atoms with Crippen LogP contribution >= 0.6 is 11.6 Å². The molecule has 1 amide bonds. The van der Waals surface area contributed by atoms with Crippen LogP contribution < -0.4 is 10.1 Å². The Kier molecular flexibility index (Phi) is 4.36. The number of benzene rings is 1. The molecule has 1 aromatic heterocycles. The zero-order valence-corrected chi connectivity index (χ0v) is 11.1. The SMILES string of the molecule is CC(Oc1ccc(Cl)cc1)C(=O)Nc1cccnc1. The molecule has 1 heterocycles. The van der Waals surface area contributed by atoms with Crippen molar-refractivity contribution in [1.82, 2.24) is 4.98 Å². The van der Waals surface area contributed by atoms with E-state index in [2.05, 4.69) is 10.3 Å². The fraction of sp³-hybridized carbons (Fsp3) is 0.143. The number of nitrogens with zero attached hydrogens (tertiary/aromatic N) is 1. The average Bonchev–Trinajstić information content (AvgIpc) is 2.42. The Bertz CT molecular complexity index is 543. The number of amides is 1. The van der Waals surface area contributed by atoms with E-state index in [1.54, 1.807) is 55.7 Å². The van der Waals surface area contributed by atoms with E-state index in [0.29, 0.717) is 16.5 Å². The molecule has 0 aliphatic heterocycles. The van der Waals surface area contributed by atoms with Crippen LogP contribution in [0.25, 0.3) is 0 Å². The van der Waals surface area contributed by atoms with Crippen LogP contribution in [0, 0.1) is 0 Å². The number of carbonyl (C=O) groups excluding carboxylic acids is 1. The molecule has 19 heavy (non-hydrogen) atoms. The van der Waals surface area contributed by atoms with Gasteiger partial charge >= 0.3 is 0 Å². The van der Waals surface area contributed by atoms with Gasteiger partial charge in [0.1, 0.15) is 5.75 Å². The summed E-state index contributed by atoms with van der Waals surface area (Å²) in [5.41, 5.74) is 0.638. The maximum Gasteiger partial charge on any atom is 0.265 e. The molecule has 2 aromatic rings. The van der Waals surface area contributed by atoms with Crippen molar-refractivity contribution in [2.45, 2.75) is 13.0 Å². The summed E-state index contributed by atoms with van der Waals surface area (Å²) in [6, 6.07) is 10.4. The molecule has 5 heteroatoms. The number of hydrogen-bond acceptors (Lipinski definition) is 3. The molecule has 0 aliphatic carbocycles. The van der Waals surface area contributed by atoms with Crippen LogP contribution in [0.1, 0.15) is 6.92 Å². The number of pyridine rings is 1. The molecular formula is C14H13ClN2O2. The second-order valence-electron chi connectivity index (χ2n) is 3.94. The summed E-state index contributed by atoms with van der Waals surface area (Å²) in [6.45, 7) is 1.68. The van der Waals surface area contributed by atoms with Crippen molar-refractivity contribution in [3.8, 4) is 5.75 Å². The van der Waals surface area contributed by atoms with Gasteiger partial charge in [0.05, 0.1) is 11.9 Å². The van der Waals surface area contributed by atoms with Gasteiger partial charge in [0.2, 0.25) is 0 Å². The van der Waals surface area contributed by atoms with Crippen LogP contribution in [0.2, 0.25) is 5.02 Å². The van der Waals surface area contributed by atoms with Gasteiger partial charge in [0, 0.05) is 11.2 Å². The van der Waals surface area contributed by atoms with Crippen molar-refractivity contribution in [2.75, 3.05) is 5.32 Å². The standard InChI is InChI=1S/C14H13ClN2O2/c1-10(19-13-6-4-11(15)5-7-13)14(18)17-12-3-2-8-16-9-12/h2-10H,1H3,(H,17,18). The van der Waals surface area contributed by atoms with E-state index in [4.69, 9.17) is 16.3 Å². The summed E-state index contributed by atoms with van der Waals surface area (Å²) in [4.78, 5) is 15.8. The van der Waals surface area contributed by atoms with E-state index in [0.717, 1.165) is 0 Å². The number of carbonyl (C=O) groups is 1. The van der Waals surface area contributed by atoms with Crippen LogP contribution in [0.15, 0.2) is 48.8 Å². The molecule has 0 bridgehead atoms. The number of nitrogens with one attached hydrogen (secondary N) is 1. The van der Waals surface area contributed by atoms with E-state index >= 15 is 0 Å². The van der Waals surface area contributed by atoms with E-state index in [-0.39, 0.29) is 5.91 Å². The molecule has 1 unspecified atom stereocenters. The molecule has 0 radical (unpaired) electrons. The highest BCUT2D eigenvalue weighted by atomic mass is 35.5. The maximum absolute atomic E-state index is 11.9. The van der Waals surface area contributed by atoms with Crippen LogP contribution in [-0.2, 0) is 4.79 Å².